The summed E-state index contributed by atoms with van der Waals surface area (Å²) < 4.78 is 7.14. The molecule has 0 aliphatic heterocycles. The van der Waals surface area contributed by atoms with Gasteiger partial charge in [-0.25, -0.2) is 4.79 Å². The van der Waals surface area contributed by atoms with Crippen LogP contribution in [0.25, 0.3) is 10.9 Å². The van der Waals surface area contributed by atoms with Crippen molar-refractivity contribution in [3.8, 4) is 0 Å². The van der Waals surface area contributed by atoms with Crippen molar-refractivity contribution in [1.82, 2.24) is 19.6 Å². The van der Waals surface area contributed by atoms with Gasteiger partial charge in [0.1, 0.15) is 12.3 Å². The molecule has 22 heavy (non-hydrogen) atoms. The molecule has 2 aromatic heterocycles. The highest BCUT2D eigenvalue weighted by molar-refractivity contribution is 6.35. The van der Waals surface area contributed by atoms with Gasteiger partial charge in [-0.3, -0.25) is 0 Å². The van der Waals surface area contributed by atoms with E-state index in [1.807, 2.05) is 30.7 Å². The summed E-state index contributed by atoms with van der Waals surface area (Å²) >= 11 is 6.18. The maximum absolute atomic E-state index is 12.3. The molecule has 6 nitrogen and oxygen atoms in total. The Hall–Kier alpha value is -2.34. The zero-order chi connectivity index (χ0) is 15.7. The first-order valence-corrected chi connectivity index (χ1v) is 7.27. The second kappa shape index (κ2) is 5.81. The third-order valence-corrected chi connectivity index (χ3v) is 3.70. The van der Waals surface area contributed by atoms with Gasteiger partial charge >= 0.3 is 5.97 Å². The largest absolute Gasteiger partial charge is 0.455 e. The van der Waals surface area contributed by atoms with Crippen molar-refractivity contribution in [1.29, 1.82) is 0 Å². The summed E-state index contributed by atoms with van der Waals surface area (Å²) in [7, 11) is 1.85. The van der Waals surface area contributed by atoms with Gasteiger partial charge in [-0.2, -0.15) is 15.0 Å². The summed E-state index contributed by atoms with van der Waals surface area (Å²) in [5, 5.41) is 9.60. The van der Waals surface area contributed by atoms with E-state index in [-0.39, 0.29) is 6.61 Å². The molecule has 0 bridgehead atoms. The van der Waals surface area contributed by atoms with Gasteiger partial charge in [-0.05, 0) is 13.0 Å². The summed E-state index contributed by atoms with van der Waals surface area (Å²) in [5.74, 6) is -0.404. The molecule has 0 aliphatic carbocycles. The van der Waals surface area contributed by atoms with Crippen molar-refractivity contribution >= 4 is 28.5 Å². The lowest BCUT2D eigenvalue weighted by Crippen LogP contribution is -2.06. The highest BCUT2D eigenvalue weighted by Crippen LogP contribution is 2.27. The number of para-hydroxylation sites is 1. The number of nitrogens with zero attached hydrogens (tertiary/aromatic N) is 4. The zero-order valence-electron chi connectivity index (χ0n) is 12.3. The van der Waals surface area contributed by atoms with Crippen LogP contribution in [0.4, 0.5) is 0 Å². The molecule has 0 spiro atoms. The predicted octanol–water partition coefficient (Wildman–Crippen LogP) is 2.80. The minimum Gasteiger partial charge on any atom is -0.455 e. The molecule has 0 fully saturated rings. The Balaban J connectivity index is 1.82. The molecular formula is C15H15ClN4O2. The van der Waals surface area contributed by atoms with E-state index < -0.39 is 5.97 Å². The van der Waals surface area contributed by atoms with E-state index in [4.69, 9.17) is 16.3 Å². The lowest BCUT2D eigenvalue weighted by Gasteiger charge is -2.01. The number of benzene rings is 1. The Morgan fingerprint density at radius 3 is 2.95 bits per heavy atom. The lowest BCUT2D eigenvalue weighted by molar-refractivity contribution is 0.0469. The number of hydrogen-bond acceptors (Lipinski definition) is 4. The number of rotatable bonds is 4. The maximum atomic E-state index is 12.3. The Kier molecular flexibility index (Phi) is 3.85. The molecular weight excluding hydrogens is 304 g/mol. The van der Waals surface area contributed by atoms with Gasteiger partial charge in [0.2, 0.25) is 0 Å². The molecule has 3 aromatic rings. The van der Waals surface area contributed by atoms with Gasteiger partial charge in [0.05, 0.1) is 28.8 Å². The summed E-state index contributed by atoms with van der Waals surface area (Å²) in [6, 6.07) is 5.46. The number of halogens is 1. The fourth-order valence-electron chi connectivity index (χ4n) is 2.35. The fourth-order valence-corrected chi connectivity index (χ4v) is 2.66. The van der Waals surface area contributed by atoms with Crippen molar-refractivity contribution in [3.63, 3.8) is 0 Å². The van der Waals surface area contributed by atoms with E-state index in [9.17, 15) is 4.79 Å². The maximum Gasteiger partial charge on any atom is 0.340 e. The topological polar surface area (TPSA) is 61.9 Å². The number of ether oxygens (including phenoxy) is 1. The van der Waals surface area contributed by atoms with Gasteiger partial charge < -0.3 is 9.30 Å². The van der Waals surface area contributed by atoms with Crippen molar-refractivity contribution in [2.24, 2.45) is 7.05 Å². The van der Waals surface area contributed by atoms with E-state index in [1.54, 1.807) is 23.3 Å². The molecule has 0 aliphatic rings. The van der Waals surface area contributed by atoms with Crippen LogP contribution in [0.1, 0.15) is 23.0 Å². The molecule has 2 heterocycles. The second-order valence-corrected chi connectivity index (χ2v) is 5.30. The van der Waals surface area contributed by atoms with E-state index in [1.165, 1.54) is 0 Å². The normalized spacial score (nSPS) is 11.0. The molecule has 0 atom stereocenters. The quantitative estimate of drug-likeness (QED) is 0.694. The van der Waals surface area contributed by atoms with Crippen LogP contribution in [0.2, 0.25) is 5.02 Å². The monoisotopic (exact) mass is 318 g/mol. The summed E-state index contributed by atoms with van der Waals surface area (Å²) in [6.07, 6.45) is 3.32. The molecule has 0 radical (unpaired) electrons. The van der Waals surface area contributed by atoms with E-state index >= 15 is 0 Å². The van der Waals surface area contributed by atoms with Gasteiger partial charge in [0.25, 0.3) is 0 Å². The lowest BCUT2D eigenvalue weighted by atomic mass is 10.2. The Labute approximate surface area is 132 Å². The molecule has 0 amide bonds. The molecule has 1 aromatic carbocycles. The van der Waals surface area contributed by atoms with Crippen LogP contribution in [0.15, 0.2) is 30.6 Å². The Bertz CT molecular complexity index is 837. The van der Waals surface area contributed by atoms with Crippen molar-refractivity contribution < 1.29 is 9.53 Å². The molecule has 0 saturated heterocycles. The Morgan fingerprint density at radius 1 is 1.41 bits per heavy atom. The standard InChI is InChI=1S/C15H15ClN4O2/c1-3-20-17-7-10(18-20)9-22-15(21)12-8-19(2)14-11(12)5-4-6-13(14)16/h4-8H,3,9H2,1-2H3. The van der Waals surface area contributed by atoms with Crippen LogP contribution >= 0.6 is 11.6 Å². The number of esters is 1. The van der Waals surface area contributed by atoms with Crippen LogP contribution in [0.3, 0.4) is 0 Å². The number of carbonyl (C=O) groups is 1. The van der Waals surface area contributed by atoms with Gasteiger partial charge in [-0.15, -0.1) is 0 Å². The average molecular weight is 319 g/mol. The number of aromatic nitrogens is 4. The Morgan fingerprint density at radius 2 is 2.23 bits per heavy atom. The SMILES string of the molecule is CCn1ncc(COC(=O)c2cn(C)c3c(Cl)cccc23)n1. The smallest absolute Gasteiger partial charge is 0.340 e. The third kappa shape index (κ3) is 2.57. The summed E-state index contributed by atoms with van der Waals surface area (Å²) in [4.78, 5) is 13.8. The first-order chi connectivity index (χ1) is 10.6. The third-order valence-electron chi connectivity index (χ3n) is 3.39. The average Bonchev–Trinajstić information content (AvgIpc) is 3.10. The van der Waals surface area contributed by atoms with Crippen LogP contribution in [0, 0.1) is 0 Å². The molecule has 0 saturated carbocycles. The predicted molar refractivity (Wildman–Crippen MR) is 82.7 cm³/mol. The van der Waals surface area contributed by atoms with Gasteiger partial charge in [-0.1, -0.05) is 23.7 Å². The molecule has 3 rings (SSSR count). The second-order valence-electron chi connectivity index (χ2n) is 4.89. The van der Waals surface area contributed by atoms with Crippen LogP contribution < -0.4 is 0 Å². The first kappa shape index (κ1) is 14.6. The number of hydrogen-bond donors (Lipinski definition) is 0. The van der Waals surface area contributed by atoms with Crippen molar-refractivity contribution in [3.05, 3.63) is 46.9 Å². The first-order valence-electron chi connectivity index (χ1n) is 6.89. The minimum absolute atomic E-state index is 0.0930. The van der Waals surface area contributed by atoms with Crippen LogP contribution in [-0.4, -0.2) is 25.5 Å². The summed E-state index contributed by atoms with van der Waals surface area (Å²) in [6.45, 7) is 2.71. The highest BCUT2D eigenvalue weighted by Gasteiger charge is 2.17. The van der Waals surface area contributed by atoms with E-state index in [0.29, 0.717) is 22.8 Å². The molecule has 0 unspecified atom stereocenters. The zero-order valence-corrected chi connectivity index (χ0v) is 13.0. The van der Waals surface area contributed by atoms with Crippen molar-refractivity contribution in [2.75, 3.05) is 0 Å². The van der Waals surface area contributed by atoms with Crippen LogP contribution in [-0.2, 0) is 24.9 Å². The highest BCUT2D eigenvalue weighted by atomic mass is 35.5. The van der Waals surface area contributed by atoms with Crippen molar-refractivity contribution in [2.45, 2.75) is 20.1 Å². The van der Waals surface area contributed by atoms with E-state index in [0.717, 1.165) is 10.9 Å². The number of fused-ring (bicyclic) bond motifs is 1. The minimum atomic E-state index is -0.404. The summed E-state index contributed by atoms with van der Waals surface area (Å²) in [5.41, 5.74) is 1.92. The number of carbonyl (C=O) groups excluding carboxylic acids is 1. The van der Waals surface area contributed by atoms with Gasteiger partial charge in [0, 0.05) is 18.6 Å². The number of aryl methyl sites for hydroxylation is 2. The van der Waals surface area contributed by atoms with Crippen LogP contribution in [0.5, 0.6) is 0 Å². The fraction of sp³-hybridized carbons (Fsp3) is 0.267. The molecule has 0 N–H and O–H groups in total. The molecule has 7 heteroatoms. The molecule has 114 valence electrons. The van der Waals surface area contributed by atoms with E-state index in [2.05, 4.69) is 10.2 Å². The van der Waals surface area contributed by atoms with Gasteiger partial charge in [0.15, 0.2) is 0 Å².